The second-order valence-electron chi connectivity index (χ2n) is 6.43. The minimum Gasteiger partial charge on any atom is -0.505 e. The van der Waals surface area contributed by atoms with E-state index in [1.807, 2.05) is 0 Å². The highest BCUT2D eigenvalue weighted by atomic mass is 35.5. The van der Waals surface area contributed by atoms with Crippen molar-refractivity contribution in [2.24, 2.45) is 0 Å². The number of sulfonamides is 1. The lowest BCUT2D eigenvalue weighted by Crippen LogP contribution is -2.34. The Labute approximate surface area is 177 Å². The number of hydrogen-bond donors (Lipinski definition) is 1. The van der Waals surface area contributed by atoms with Crippen LogP contribution in [0.15, 0.2) is 71.4 Å². The lowest BCUT2D eigenvalue weighted by molar-refractivity contribution is -0.112. The molecule has 2 heterocycles. The fourth-order valence-electron chi connectivity index (χ4n) is 3.04. The van der Waals surface area contributed by atoms with Gasteiger partial charge >= 0.3 is 0 Å². The Kier molecular flexibility index (Phi) is 4.92. The molecule has 4 rings (SSSR count). The summed E-state index contributed by atoms with van der Waals surface area (Å²) in [6.07, 6.45) is 4.11. The van der Waals surface area contributed by atoms with Crippen molar-refractivity contribution in [3.8, 4) is 5.69 Å². The zero-order chi connectivity index (χ0) is 21.5. The van der Waals surface area contributed by atoms with Crippen molar-refractivity contribution in [1.82, 2.24) is 19.3 Å². The maximum atomic E-state index is 12.7. The van der Waals surface area contributed by atoms with E-state index >= 15 is 0 Å². The Morgan fingerprint density at radius 3 is 2.70 bits per heavy atom. The average molecular weight is 443 g/mol. The summed E-state index contributed by atoms with van der Waals surface area (Å²) in [4.78, 5) is 12.7. The van der Waals surface area contributed by atoms with Crippen LogP contribution >= 0.6 is 11.6 Å². The molecule has 2 aromatic carbocycles. The van der Waals surface area contributed by atoms with E-state index in [4.69, 9.17) is 11.6 Å². The SMILES string of the molecule is CN1C(C(=O)/C=C/c2cn(-c3cccc(Cl)c3)nn2)=C(O)c2ccccc2S1(=O)=O. The second kappa shape index (κ2) is 7.43. The molecule has 0 fully saturated rings. The maximum absolute atomic E-state index is 12.7. The van der Waals surface area contributed by atoms with Crippen LogP contribution in [0.25, 0.3) is 17.5 Å². The van der Waals surface area contributed by atoms with Crippen molar-refractivity contribution in [2.45, 2.75) is 4.90 Å². The van der Waals surface area contributed by atoms with Crippen molar-refractivity contribution in [1.29, 1.82) is 0 Å². The fourth-order valence-corrected chi connectivity index (χ4v) is 4.63. The van der Waals surface area contributed by atoms with Crippen LogP contribution in [0.3, 0.4) is 0 Å². The minimum absolute atomic E-state index is 0.0602. The molecule has 0 aliphatic carbocycles. The molecule has 10 heteroatoms. The van der Waals surface area contributed by atoms with Crippen LogP contribution in [0.2, 0.25) is 5.02 Å². The van der Waals surface area contributed by atoms with Crippen molar-refractivity contribution in [3.05, 3.63) is 82.8 Å². The highest BCUT2D eigenvalue weighted by Crippen LogP contribution is 2.34. The van der Waals surface area contributed by atoms with Gasteiger partial charge in [-0.25, -0.2) is 13.1 Å². The van der Waals surface area contributed by atoms with E-state index in [0.29, 0.717) is 16.4 Å². The monoisotopic (exact) mass is 442 g/mol. The first-order valence-corrected chi connectivity index (χ1v) is 10.5. The summed E-state index contributed by atoms with van der Waals surface area (Å²) < 4.78 is 27.7. The third-order valence-electron chi connectivity index (χ3n) is 4.54. The van der Waals surface area contributed by atoms with Gasteiger partial charge in [-0.2, -0.15) is 0 Å². The number of benzene rings is 2. The van der Waals surface area contributed by atoms with Gasteiger partial charge in [0.25, 0.3) is 10.0 Å². The number of aliphatic hydroxyl groups excluding tert-OH is 1. The van der Waals surface area contributed by atoms with Crippen LogP contribution < -0.4 is 0 Å². The number of likely N-dealkylation sites (N-methyl/N-ethyl adjacent to an activating group) is 1. The number of rotatable bonds is 4. The van der Waals surface area contributed by atoms with E-state index in [1.54, 1.807) is 42.6 Å². The number of hydrogen-bond acceptors (Lipinski definition) is 6. The van der Waals surface area contributed by atoms with E-state index in [1.165, 1.54) is 29.9 Å². The topological polar surface area (TPSA) is 105 Å². The van der Waals surface area contributed by atoms with Gasteiger partial charge in [0.2, 0.25) is 5.78 Å². The molecule has 1 N–H and O–H groups in total. The van der Waals surface area contributed by atoms with Gasteiger partial charge < -0.3 is 5.11 Å². The third-order valence-corrected chi connectivity index (χ3v) is 6.59. The number of aromatic nitrogens is 3. The van der Waals surface area contributed by atoms with E-state index in [-0.39, 0.29) is 16.2 Å². The summed E-state index contributed by atoms with van der Waals surface area (Å²) in [5, 5.41) is 19.0. The Hall–Kier alpha value is -3.43. The second-order valence-corrected chi connectivity index (χ2v) is 8.81. The molecular weight excluding hydrogens is 428 g/mol. The molecule has 0 bridgehead atoms. The van der Waals surface area contributed by atoms with Gasteiger partial charge in [-0.05, 0) is 42.5 Å². The normalized spacial score (nSPS) is 15.5. The third kappa shape index (κ3) is 3.38. The van der Waals surface area contributed by atoms with Gasteiger partial charge in [0, 0.05) is 17.6 Å². The summed E-state index contributed by atoms with van der Waals surface area (Å²) >= 11 is 5.97. The molecule has 0 spiro atoms. The Bertz CT molecular complexity index is 1330. The number of halogens is 1. The van der Waals surface area contributed by atoms with Crippen LogP contribution in [0, 0.1) is 0 Å². The van der Waals surface area contributed by atoms with Gasteiger partial charge in [-0.3, -0.25) is 9.10 Å². The predicted molar refractivity (Wildman–Crippen MR) is 111 cm³/mol. The fraction of sp³-hybridized carbons (Fsp3) is 0.0500. The van der Waals surface area contributed by atoms with E-state index < -0.39 is 21.6 Å². The number of carbonyl (C=O) groups is 1. The Morgan fingerprint density at radius 2 is 1.93 bits per heavy atom. The molecule has 1 aliphatic heterocycles. The molecular formula is C20H15ClN4O4S. The molecule has 1 aliphatic rings. The van der Waals surface area contributed by atoms with Gasteiger partial charge in [-0.15, -0.1) is 5.10 Å². The van der Waals surface area contributed by atoms with Gasteiger partial charge in [0.15, 0.2) is 5.76 Å². The maximum Gasteiger partial charge on any atom is 0.265 e. The van der Waals surface area contributed by atoms with E-state index in [2.05, 4.69) is 10.3 Å². The van der Waals surface area contributed by atoms with Crippen molar-refractivity contribution in [2.75, 3.05) is 7.05 Å². The molecule has 0 radical (unpaired) electrons. The molecule has 30 heavy (non-hydrogen) atoms. The first kappa shape index (κ1) is 19.9. The number of carbonyl (C=O) groups excluding carboxylic acids is 1. The molecule has 0 atom stereocenters. The molecule has 1 aromatic heterocycles. The lowest BCUT2D eigenvalue weighted by atomic mass is 10.1. The molecule has 3 aromatic rings. The largest absolute Gasteiger partial charge is 0.505 e. The first-order valence-electron chi connectivity index (χ1n) is 8.71. The number of nitrogens with zero attached hydrogens (tertiary/aromatic N) is 4. The highest BCUT2D eigenvalue weighted by molar-refractivity contribution is 7.89. The molecule has 152 valence electrons. The summed E-state index contributed by atoms with van der Waals surface area (Å²) in [7, 11) is -2.73. The molecule has 0 saturated heterocycles. The standard InChI is InChI=1S/C20H15ClN4O4S/c1-24-19(20(27)16-7-2-3-8-18(16)30(24,28)29)17(26)10-9-14-12-25(23-22-14)15-6-4-5-13(21)11-15/h2-12,27H,1H3/b10-9+. The van der Waals surface area contributed by atoms with E-state index in [9.17, 15) is 18.3 Å². The molecule has 8 nitrogen and oxygen atoms in total. The molecule has 0 amide bonds. The zero-order valence-corrected chi connectivity index (χ0v) is 17.2. The number of fused-ring (bicyclic) bond motifs is 1. The van der Waals surface area contributed by atoms with E-state index in [0.717, 1.165) is 10.4 Å². The summed E-state index contributed by atoms with van der Waals surface area (Å²) in [5.41, 5.74) is 0.799. The highest BCUT2D eigenvalue weighted by Gasteiger charge is 2.36. The van der Waals surface area contributed by atoms with Gasteiger partial charge in [-0.1, -0.05) is 35.0 Å². The quantitative estimate of drug-likeness (QED) is 0.622. The van der Waals surface area contributed by atoms with Crippen LogP contribution in [0.4, 0.5) is 0 Å². The van der Waals surface area contributed by atoms with Crippen molar-refractivity contribution >= 4 is 39.2 Å². The molecule has 0 unspecified atom stereocenters. The molecule has 0 saturated carbocycles. The predicted octanol–water partition coefficient (Wildman–Crippen LogP) is 3.06. The van der Waals surface area contributed by atoms with Crippen molar-refractivity contribution in [3.63, 3.8) is 0 Å². The van der Waals surface area contributed by atoms with Gasteiger partial charge in [0.05, 0.1) is 16.8 Å². The zero-order valence-electron chi connectivity index (χ0n) is 15.6. The van der Waals surface area contributed by atoms with Crippen LogP contribution in [-0.2, 0) is 14.8 Å². The Morgan fingerprint density at radius 1 is 1.17 bits per heavy atom. The van der Waals surface area contributed by atoms with Crippen LogP contribution in [0.5, 0.6) is 0 Å². The number of ketones is 1. The summed E-state index contributed by atoms with van der Waals surface area (Å²) in [6.45, 7) is 0. The Balaban J connectivity index is 1.65. The summed E-state index contributed by atoms with van der Waals surface area (Å²) in [6, 6.07) is 13.0. The lowest BCUT2D eigenvalue weighted by Gasteiger charge is -2.27. The smallest absolute Gasteiger partial charge is 0.265 e. The van der Waals surface area contributed by atoms with Crippen LogP contribution in [-0.4, -0.2) is 45.7 Å². The average Bonchev–Trinajstić information content (AvgIpc) is 3.20. The van der Waals surface area contributed by atoms with Gasteiger partial charge in [0.1, 0.15) is 11.4 Å². The summed E-state index contributed by atoms with van der Waals surface area (Å²) in [5.74, 6) is -1.09. The first-order chi connectivity index (χ1) is 14.3. The van der Waals surface area contributed by atoms with Crippen molar-refractivity contribution < 1.29 is 18.3 Å². The van der Waals surface area contributed by atoms with Crippen LogP contribution in [0.1, 0.15) is 11.3 Å². The number of aliphatic hydroxyl groups is 1. The minimum atomic E-state index is -3.95. The number of allylic oxidation sites excluding steroid dienone is 1.